The van der Waals surface area contributed by atoms with Crippen molar-refractivity contribution in [3.63, 3.8) is 0 Å². The van der Waals surface area contributed by atoms with Crippen molar-refractivity contribution in [3.8, 4) is 0 Å². The second kappa shape index (κ2) is 4.74. The number of hydrogen-bond acceptors (Lipinski definition) is 3. The highest BCUT2D eigenvalue weighted by Crippen LogP contribution is 2.25. The molecule has 0 saturated heterocycles. The average Bonchev–Trinajstić information content (AvgIpc) is 2.23. The summed E-state index contributed by atoms with van der Waals surface area (Å²) in [5.74, 6) is -0.313. The molecule has 0 unspecified atom stereocenters. The molecule has 3 nitrogen and oxygen atoms in total. The maximum absolute atomic E-state index is 11.5. The van der Waals surface area contributed by atoms with Crippen molar-refractivity contribution in [3.05, 3.63) is 28.8 Å². The van der Waals surface area contributed by atoms with Gasteiger partial charge in [-0.2, -0.15) is 0 Å². The normalized spacial score (nSPS) is 11.1. The molecule has 1 aromatic carbocycles. The zero-order valence-electron chi connectivity index (χ0n) is 9.93. The number of halogens is 1. The maximum Gasteiger partial charge on any atom is 0.330 e. The predicted octanol–water partition coefficient (Wildman–Crippen LogP) is 3.01. The van der Waals surface area contributed by atoms with Crippen molar-refractivity contribution in [1.29, 1.82) is 0 Å². The van der Waals surface area contributed by atoms with E-state index in [1.807, 2.05) is 25.1 Å². The van der Waals surface area contributed by atoms with Gasteiger partial charge in [-0.3, -0.25) is 0 Å². The van der Waals surface area contributed by atoms with Crippen LogP contribution in [0.2, 0.25) is 5.02 Å². The van der Waals surface area contributed by atoms with Gasteiger partial charge in [0.25, 0.3) is 0 Å². The summed E-state index contributed by atoms with van der Waals surface area (Å²) >= 11 is 6.00. The summed E-state index contributed by atoms with van der Waals surface area (Å²) in [6.07, 6.45) is 0. The molecule has 0 spiro atoms. The Balaban J connectivity index is 2.96. The van der Waals surface area contributed by atoms with Crippen molar-refractivity contribution in [2.75, 3.05) is 12.4 Å². The average molecular weight is 242 g/mol. The molecule has 0 aliphatic rings. The SMILES string of the molecule is COC(=O)C(C)(C)Nc1cccc(Cl)c1C. The smallest absolute Gasteiger partial charge is 0.330 e. The van der Waals surface area contributed by atoms with E-state index in [9.17, 15) is 4.79 Å². The summed E-state index contributed by atoms with van der Waals surface area (Å²) in [7, 11) is 1.37. The number of nitrogens with one attached hydrogen (secondary N) is 1. The molecule has 0 aliphatic carbocycles. The van der Waals surface area contributed by atoms with Crippen LogP contribution in [0.4, 0.5) is 5.69 Å². The van der Waals surface area contributed by atoms with E-state index in [0.29, 0.717) is 5.02 Å². The third-order valence-electron chi connectivity index (χ3n) is 2.41. The predicted molar refractivity (Wildman–Crippen MR) is 65.9 cm³/mol. The Hall–Kier alpha value is -1.22. The lowest BCUT2D eigenvalue weighted by Crippen LogP contribution is -2.41. The summed E-state index contributed by atoms with van der Waals surface area (Å²) in [4.78, 5) is 11.5. The van der Waals surface area contributed by atoms with Gasteiger partial charge in [-0.15, -0.1) is 0 Å². The van der Waals surface area contributed by atoms with Crippen LogP contribution in [0.25, 0.3) is 0 Å². The van der Waals surface area contributed by atoms with E-state index in [4.69, 9.17) is 16.3 Å². The molecule has 4 heteroatoms. The molecule has 0 aliphatic heterocycles. The van der Waals surface area contributed by atoms with Gasteiger partial charge in [0.05, 0.1) is 7.11 Å². The molecular formula is C12H16ClNO2. The minimum Gasteiger partial charge on any atom is -0.467 e. The van der Waals surface area contributed by atoms with Crippen LogP contribution in [-0.4, -0.2) is 18.6 Å². The topological polar surface area (TPSA) is 38.3 Å². The molecule has 0 aromatic heterocycles. The first kappa shape index (κ1) is 12.8. The Labute approximate surface area is 101 Å². The van der Waals surface area contributed by atoms with E-state index in [1.165, 1.54) is 7.11 Å². The zero-order chi connectivity index (χ0) is 12.3. The summed E-state index contributed by atoms with van der Waals surface area (Å²) in [6, 6.07) is 5.53. The first-order valence-electron chi connectivity index (χ1n) is 5.00. The van der Waals surface area contributed by atoms with E-state index < -0.39 is 5.54 Å². The van der Waals surface area contributed by atoms with Crippen molar-refractivity contribution >= 4 is 23.3 Å². The molecule has 1 aromatic rings. The lowest BCUT2D eigenvalue weighted by molar-refractivity contribution is -0.144. The first-order valence-corrected chi connectivity index (χ1v) is 5.38. The third kappa shape index (κ3) is 2.67. The van der Waals surface area contributed by atoms with Crippen LogP contribution in [0.5, 0.6) is 0 Å². The molecule has 0 fully saturated rings. The van der Waals surface area contributed by atoms with Gasteiger partial charge in [0.1, 0.15) is 5.54 Å². The first-order chi connectivity index (χ1) is 7.38. The summed E-state index contributed by atoms with van der Waals surface area (Å²) < 4.78 is 4.72. The fraction of sp³-hybridized carbons (Fsp3) is 0.417. The van der Waals surface area contributed by atoms with Gasteiger partial charge in [0.15, 0.2) is 0 Å². The van der Waals surface area contributed by atoms with Crippen molar-refractivity contribution in [2.45, 2.75) is 26.3 Å². The Bertz CT molecular complexity index is 402. The Morgan fingerprint density at radius 2 is 2.06 bits per heavy atom. The van der Waals surface area contributed by atoms with Crippen LogP contribution >= 0.6 is 11.6 Å². The second-order valence-electron chi connectivity index (χ2n) is 4.15. The Kier molecular flexibility index (Phi) is 3.81. The number of rotatable bonds is 3. The van der Waals surface area contributed by atoms with Crippen molar-refractivity contribution < 1.29 is 9.53 Å². The van der Waals surface area contributed by atoms with Gasteiger partial charge >= 0.3 is 5.97 Å². The summed E-state index contributed by atoms with van der Waals surface area (Å²) in [6.45, 7) is 5.43. The highest BCUT2D eigenvalue weighted by molar-refractivity contribution is 6.31. The van der Waals surface area contributed by atoms with E-state index in [1.54, 1.807) is 13.8 Å². The molecule has 0 bridgehead atoms. The van der Waals surface area contributed by atoms with Crippen LogP contribution in [0, 0.1) is 6.92 Å². The fourth-order valence-corrected chi connectivity index (χ4v) is 1.56. The van der Waals surface area contributed by atoms with Gasteiger partial charge in [-0.1, -0.05) is 17.7 Å². The van der Waals surface area contributed by atoms with Gasteiger partial charge in [0, 0.05) is 10.7 Å². The number of benzene rings is 1. The zero-order valence-corrected chi connectivity index (χ0v) is 10.7. The molecule has 0 amide bonds. The Morgan fingerprint density at radius 3 is 2.62 bits per heavy atom. The monoisotopic (exact) mass is 241 g/mol. The van der Waals surface area contributed by atoms with Crippen LogP contribution in [-0.2, 0) is 9.53 Å². The minimum absolute atomic E-state index is 0.313. The molecule has 1 N–H and O–H groups in total. The van der Waals surface area contributed by atoms with Crippen molar-refractivity contribution in [2.24, 2.45) is 0 Å². The number of hydrogen-bond donors (Lipinski definition) is 1. The van der Waals surface area contributed by atoms with Gasteiger partial charge in [-0.25, -0.2) is 4.79 Å². The molecule has 0 radical (unpaired) electrons. The third-order valence-corrected chi connectivity index (χ3v) is 2.82. The second-order valence-corrected chi connectivity index (χ2v) is 4.56. The number of ether oxygens (including phenoxy) is 1. The van der Waals surface area contributed by atoms with E-state index in [0.717, 1.165) is 11.3 Å². The van der Waals surface area contributed by atoms with E-state index in [2.05, 4.69) is 5.32 Å². The number of anilines is 1. The number of carbonyl (C=O) groups is 1. The number of carbonyl (C=O) groups excluding carboxylic acids is 1. The van der Waals surface area contributed by atoms with Gasteiger partial charge in [0.2, 0.25) is 0 Å². The molecule has 0 heterocycles. The lowest BCUT2D eigenvalue weighted by atomic mass is 10.0. The summed E-state index contributed by atoms with van der Waals surface area (Å²) in [5, 5.41) is 3.79. The van der Waals surface area contributed by atoms with Gasteiger partial charge < -0.3 is 10.1 Å². The molecule has 0 saturated carbocycles. The quantitative estimate of drug-likeness (QED) is 0.827. The molecular weight excluding hydrogens is 226 g/mol. The van der Waals surface area contributed by atoms with Crippen LogP contribution in [0.15, 0.2) is 18.2 Å². The van der Waals surface area contributed by atoms with Crippen molar-refractivity contribution in [1.82, 2.24) is 0 Å². The van der Waals surface area contributed by atoms with E-state index in [-0.39, 0.29) is 5.97 Å². The molecule has 16 heavy (non-hydrogen) atoms. The standard InChI is InChI=1S/C12H16ClNO2/c1-8-9(13)6-5-7-10(8)14-12(2,3)11(15)16-4/h5-7,14H,1-4H3. The van der Waals surface area contributed by atoms with Crippen LogP contribution in [0.3, 0.4) is 0 Å². The van der Waals surface area contributed by atoms with Crippen LogP contribution in [0.1, 0.15) is 19.4 Å². The van der Waals surface area contributed by atoms with Gasteiger partial charge in [-0.05, 0) is 38.5 Å². The summed E-state index contributed by atoms with van der Waals surface area (Å²) in [5.41, 5.74) is 0.980. The van der Waals surface area contributed by atoms with E-state index >= 15 is 0 Å². The lowest BCUT2D eigenvalue weighted by Gasteiger charge is -2.25. The molecule has 1 rings (SSSR count). The fourth-order valence-electron chi connectivity index (χ4n) is 1.39. The number of esters is 1. The maximum atomic E-state index is 11.5. The Morgan fingerprint density at radius 1 is 1.44 bits per heavy atom. The molecule has 0 atom stereocenters. The molecule has 88 valence electrons. The highest BCUT2D eigenvalue weighted by Gasteiger charge is 2.28. The number of methoxy groups -OCH3 is 1. The van der Waals surface area contributed by atoms with Crippen LogP contribution < -0.4 is 5.32 Å². The highest BCUT2D eigenvalue weighted by atomic mass is 35.5. The largest absolute Gasteiger partial charge is 0.467 e. The minimum atomic E-state index is -0.774.